The van der Waals surface area contributed by atoms with Crippen LogP contribution in [0.1, 0.15) is 61.3 Å². The minimum absolute atomic E-state index is 0. The molecule has 1 aliphatic heterocycles. The summed E-state index contributed by atoms with van der Waals surface area (Å²) in [5, 5.41) is 52.3. The van der Waals surface area contributed by atoms with Crippen LogP contribution in [0.4, 0.5) is 0 Å². The molecule has 0 saturated carbocycles. The van der Waals surface area contributed by atoms with Crippen molar-refractivity contribution in [3.63, 3.8) is 0 Å². The number of piperidine rings is 1. The number of hydrogen-bond donors (Lipinski definition) is 6. The Morgan fingerprint density at radius 3 is 2.06 bits per heavy atom. The molecule has 4 rings (SSSR count). The second kappa shape index (κ2) is 17.5. The Kier molecular flexibility index (Phi) is 15.2. The Labute approximate surface area is 286 Å². The summed E-state index contributed by atoms with van der Waals surface area (Å²) in [6, 6.07) is 8.31. The summed E-state index contributed by atoms with van der Waals surface area (Å²) in [6.45, 7) is 7.65. The molecule has 1 fully saturated rings. The number of nitrogens with two attached hydrogens (primary N) is 2. The fourth-order valence-electron chi connectivity index (χ4n) is 5.18. The van der Waals surface area contributed by atoms with Crippen molar-refractivity contribution in [1.29, 1.82) is 0 Å². The van der Waals surface area contributed by atoms with Crippen molar-refractivity contribution < 1.29 is 60.7 Å². The number of hydrogen-bond acceptors (Lipinski definition) is 9. The van der Waals surface area contributed by atoms with Gasteiger partial charge in [0.15, 0.2) is 5.82 Å². The largest absolute Gasteiger partial charge is 2.00 e. The molecule has 10 N–H and O–H groups in total. The van der Waals surface area contributed by atoms with Gasteiger partial charge in [0.2, 0.25) is 17.8 Å². The number of carbonyl (C=O) groups is 4. The van der Waals surface area contributed by atoms with Gasteiger partial charge in [-0.05, 0) is 68.1 Å². The molecule has 1 aliphatic rings. The first kappa shape index (κ1) is 40.7. The molecule has 2 heterocycles. The number of carboxylic acids is 2. The number of aliphatic carboxylic acids is 2. The van der Waals surface area contributed by atoms with Crippen molar-refractivity contribution in [2.75, 3.05) is 19.6 Å². The van der Waals surface area contributed by atoms with E-state index in [2.05, 4.69) is 25.7 Å². The number of carbonyl (C=O) groups excluding carboxylic acids is 2. The molecular formula is C30H40N8O8Pt. The number of nitrogens with zero attached hydrogens (tertiary/aromatic N) is 4. The van der Waals surface area contributed by atoms with Crippen molar-refractivity contribution in [2.45, 2.75) is 52.1 Å². The molecule has 2 amide bonds. The maximum atomic E-state index is 12.9. The van der Waals surface area contributed by atoms with Crippen LogP contribution < -0.4 is 10.6 Å². The third kappa shape index (κ3) is 9.35. The standard InChI is InChI=1S/C30H36N6O8.2H2N.Pt/c1-4-31-28(40)26-34-33-25(21-13-20(16(2)3)22(37)14-23(21)38)36(26)19-7-5-17(6-8-19)15-35-11-9-18(10-12-35)27(39)32-24(29(41)42)30(43)44;;;/h5-8,13-14,16,18,24,37-38H,4,9-12,15H2,1-3H3,(H,31,40)(H,32,39)(H,41,42)(H,43,44);2*1H2;/q;2*-1;+2. The first-order valence-electron chi connectivity index (χ1n) is 14.3. The van der Waals surface area contributed by atoms with Gasteiger partial charge in [-0.2, -0.15) is 0 Å². The van der Waals surface area contributed by atoms with Crippen LogP contribution in [0.15, 0.2) is 36.4 Å². The van der Waals surface area contributed by atoms with Crippen molar-refractivity contribution in [3.8, 4) is 28.6 Å². The van der Waals surface area contributed by atoms with Gasteiger partial charge in [0.1, 0.15) is 11.5 Å². The fourth-order valence-corrected chi connectivity index (χ4v) is 5.18. The van der Waals surface area contributed by atoms with Crippen LogP contribution in [0.3, 0.4) is 0 Å². The number of rotatable bonds is 11. The Balaban J connectivity index is 0.00000368. The van der Waals surface area contributed by atoms with E-state index < -0.39 is 35.7 Å². The van der Waals surface area contributed by atoms with E-state index in [1.807, 2.05) is 38.1 Å². The van der Waals surface area contributed by atoms with E-state index in [4.69, 9.17) is 10.2 Å². The molecule has 0 radical (unpaired) electrons. The number of amides is 2. The molecule has 3 aromatic rings. The molecule has 0 aliphatic carbocycles. The van der Waals surface area contributed by atoms with Crippen LogP contribution >= 0.6 is 0 Å². The maximum Gasteiger partial charge on any atom is 2.00 e. The SMILES string of the molecule is CCNC(=O)c1nnc(-c2cc(C(C)C)c(O)cc2O)n1-c1ccc(CN2CCC(C(=O)NC(C(=O)O)C(=O)O)CC2)cc1.[NH2-].[NH2-].[Pt+2]. The molecule has 0 spiro atoms. The summed E-state index contributed by atoms with van der Waals surface area (Å²) >= 11 is 0. The van der Waals surface area contributed by atoms with Crippen LogP contribution in [-0.2, 0) is 42.0 Å². The molecule has 2 aromatic carbocycles. The van der Waals surface area contributed by atoms with E-state index >= 15 is 0 Å². The molecule has 0 unspecified atom stereocenters. The van der Waals surface area contributed by atoms with Crippen molar-refractivity contribution in [3.05, 3.63) is 65.7 Å². The zero-order valence-electron chi connectivity index (χ0n) is 26.1. The topological polar surface area (TPSA) is 274 Å². The van der Waals surface area contributed by atoms with E-state index in [1.54, 1.807) is 17.6 Å². The van der Waals surface area contributed by atoms with Crippen molar-refractivity contribution in [1.82, 2.24) is 30.3 Å². The van der Waals surface area contributed by atoms with Gasteiger partial charge in [-0.25, -0.2) is 9.59 Å². The number of carboxylic acid groups (broad SMARTS) is 2. The molecule has 258 valence electrons. The third-order valence-electron chi connectivity index (χ3n) is 7.55. The summed E-state index contributed by atoms with van der Waals surface area (Å²) in [4.78, 5) is 49.7. The van der Waals surface area contributed by atoms with E-state index in [9.17, 15) is 29.4 Å². The van der Waals surface area contributed by atoms with Gasteiger partial charge in [0.25, 0.3) is 5.91 Å². The minimum atomic E-state index is -1.98. The molecular weight excluding hydrogens is 795 g/mol. The van der Waals surface area contributed by atoms with Gasteiger partial charge < -0.3 is 43.4 Å². The molecule has 0 bridgehead atoms. The van der Waals surface area contributed by atoms with Gasteiger partial charge >= 0.3 is 33.0 Å². The molecule has 47 heavy (non-hydrogen) atoms. The number of likely N-dealkylation sites (tertiary alicyclic amines) is 1. The Bertz CT molecular complexity index is 1540. The van der Waals surface area contributed by atoms with Gasteiger partial charge in [0.05, 0.1) is 5.56 Å². The normalized spacial score (nSPS) is 13.2. The predicted molar refractivity (Wildman–Crippen MR) is 168 cm³/mol. The van der Waals surface area contributed by atoms with Crippen molar-refractivity contribution in [2.24, 2.45) is 5.92 Å². The Morgan fingerprint density at radius 1 is 0.936 bits per heavy atom. The summed E-state index contributed by atoms with van der Waals surface area (Å²) in [6.07, 6.45) is 0.897. The van der Waals surface area contributed by atoms with Gasteiger partial charge in [-0.15, -0.1) is 10.2 Å². The van der Waals surface area contributed by atoms with Crippen LogP contribution in [0.25, 0.3) is 29.4 Å². The fraction of sp³-hybridized carbons (Fsp3) is 0.400. The Hall–Kier alpha value is -4.37. The van der Waals surface area contributed by atoms with Crippen LogP contribution in [-0.4, -0.2) is 89.5 Å². The van der Waals surface area contributed by atoms with Crippen molar-refractivity contribution >= 4 is 23.8 Å². The average molecular weight is 836 g/mol. The third-order valence-corrected chi connectivity index (χ3v) is 7.55. The van der Waals surface area contributed by atoms with E-state index in [1.165, 1.54) is 6.07 Å². The number of aromatic nitrogens is 3. The summed E-state index contributed by atoms with van der Waals surface area (Å²) in [7, 11) is 0. The van der Waals surface area contributed by atoms with E-state index in [0.717, 1.165) is 5.56 Å². The summed E-state index contributed by atoms with van der Waals surface area (Å²) in [5.41, 5.74) is 2.45. The molecule has 17 heteroatoms. The number of aromatic hydroxyl groups is 2. The summed E-state index contributed by atoms with van der Waals surface area (Å²) < 4.78 is 1.55. The zero-order chi connectivity index (χ0) is 32.1. The second-order valence-corrected chi connectivity index (χ2v) is 11.0. The van der Waals surface area contributed by atoms with Gasteiger partial charge in [-0.3, -0.25) is 19.1 Å². The van der Waals surface area contributed by atoms with Crippen LogP contribution in [0.2, 0.25) is 0 Å². The number of benzene rings is 2. The minimum Gasteiger partial charge on any atom is -0.693 e. The van der Waals surface area contributed by atoms with Crippen LogP contribution in [0, 0.1) is 5.92 Å². The average Bonchev–Trinajstić information content (AvgIpc) is 3.41. The molecule has 16 nitrogen and oxygen atoms in total. The van der Waals surface area contributed by atoms with Gasteiger partial charge in [-0.1, -0.05) is 26.0 Å². The molecule has 1 saturated heterocycles. The first-order valence-corrected chi connectivity index (χ1v) is 14.3. The monoisotopic (exact) mass is 835 g/mol. The number of phenols is 2. The Morgan fingerprint density at radius 2 is 1.53 bits per heavy atom. The smallest absolute Gasteiger partial charge is 0.693 e. The summed E-state index contributed by atoms with van der Waals surface area (Å²) in [5.74, 6) is -4.80. The molecule has 1 aromatic heterocycles. The van der Waals surface area contributed by atoms with Crippen LogP contribution in [0.5, 0.6) is 11.5 Å². The predicted octanol–water partition coefficient (Wildman–Crippen LogP) is 3.52. The number of nitrogens with one attached hydrogen (secondary N) is 2. The second-order valence-electron chi connectivity index (χ2n) is 11.0. The first-order chi connectivity index (χ1) is 20.9. The quantitative estimate of drug-likeness (QED) is 0.152. The van der Waals surface area contributed by atoms with E-state index in [0.29, 0.717) is 55.8 Å². The zero-order valence-corrected chi connectivity index (χ0v) is 28.4. The maximum absolute atomic E-state index is 12.9. The van der Waals surface area contributed by atoms with Gasteiger partial charge in [0, 0.05) is 30.8 Å². The molecule has 0 atom stereocenters. The van der Waals surface area contributed by atoms with E-state index in [-0.39, 0.29) is 62.4 Å². The number of phenolic OH excluding ortho intramolecular Hbond substituents is 2.